The SMILES string of the molecule is COc1ccc(OCCNC(=O)c2cnc(NCCc3ccccc3)nc2)cc1. The van der Waals surface area contributed by atoms with Gasteiger partial charge in [-0.15, -0.1) is 0 Å². The van der Waals surface area contributed by atoms with E-state index >= 15 is 0 Å². The fourth-order valence-electron chi connectivity index (χ4n) is 2.61. The Hall–Kier alpha value is -3.61. The van der Waals surface area contributed by atoms with Crippen molar-refractivity contribution in [3.63, 3.8) is 0 Å². The van der Waals surface area contributed by atoms with E-state index in [1.807, 2.05) is 42.5 Å². The van der Waals surface area contributed by atoms with Crippen molar-refractivity contribution in [2.45, 2.75) is 6.42 Å². The summed E-state index contributed by atoms with van der Waals surface area (Å²) in [5.41, 5.74) is 1.65. The molecule has 7 heteroatoms. The standard InChI is InChI=1S/C22H24N4O3/c1-28-19-7-9-20(10-8-19)29-14-13-23-21(27)18-15-25-22(26-16-18)24-12-11-17-5-3-2-4-6-17/h2-10,15-16H,11-14H2,1H3,(H,23,27)(H,24,25,26). The van der Waals surface area contributed by atoms with Crippen molar-refractivity contribution in [2.24, 2.45) is 0 Å². The largest absolute Gasteiger partial charge is 0.497 e. The second-order valence-electron chi connectivity index (χ2n) is 6.24. The third kappa shape index (κ3) is 6.49. The summed E-state index contributed by atoms with van der Waals surface area (Å²) in [4.78, 5) is 20.6. The molecule has 29 heavy (non-hydrogen) atoms. The lowest BCUT2D eigenvalue weighted by Crippen LogP contribution is -2.28. The first kappa shape index (κ1) is 20.1. The lowest BCUT2D eigenvalue weighted by molar-refractivity contribution is 0.0946. The Morgan fingerprint density at radius 3 is 2.31 bits per heavy atom. The Kier molecular flexibility index (Phi) is 7.40. The van der Waals surface area contributed by atoms with Gasteiger partial charge < -0.3 is 20.1 Å². The molecule has 0 bridgehead atoms. The zero-order valence-corrected chi connectivity index (χ0v) is 16.3. The summed E-state index contributed by atoms with van der Waals surface area (Å²) in [6, 6.07) is 17.5. The molecular weight excluding hydrogens is 368 g/mol. The summed E-state index contributed by atoms with van der Waals surface area (Å²) in [5.74, 6) is 1.75. The van der Waals surface area contributed by atoms with Gasteiger partial charge in [-0.05, 0) is 36.2 Å². The van der Waals surface area contributed by atoms with Crippen LogP contribution in [0.1, 0.15) is 15.9 Å². The van der Waals surface area contributed by atoms with Gasteiger partial charge in [-0.1, -0.05) is 30.3 Å². The third-order valence-corrected chi connectivity index (χ3v) is 4.17. The molecule has 0 fully saturated rings. The lowest BCUT2D eigenvalue weighted by atomic mass is 10.1. The van der Waals surface area contributed by atoms with Gasteiger partial charge in [-0.25, -0.2) is 9.97 Å². The first-order valence-electron chi connectivity index (χ1n) is 9.39. The van der Waals surface area contributed by atoms with Gasteiger partial charge in [-0.3, -0.25) is 4.79 Å². The smallest absolute Gasteiger partial charge is 0.254 e. The van der Waals surface area contributed by atoms with E-state index in [0.717, 1.165) is 18.7 Å². The van der Waals surface area contributed by atoms with E-state index in [0.29, 0.717) is 30.4 Å². The van der Waals surface area contributed by atoms with Gasteiger partial charge in [-0.2, -0.15) is 0 Å². The van der Waals surface area contributed by atoms with Gasteiger partial charge in [0.15, 0.2) is 0 Å². The summed E-state index contributed by atoms with van der Waals surface area (Å²) in [6.45, 7) is 1.46. The fourth-order valence-corrected chi connectivity index (χ4v) is 2.61. The maximum absolute atomic E-state index is 12.2. The number of nitrogens with zero attached hydrogens (tertiary/aromatic N) is 2. The monoisotopic (exact) mass is 392 g/mol. The van der Waals surface area contributed by atoms with Gasteiger partial charge >= 0.3 is 0 Å². The Balaban J connectivity index is 1.36. The number of anilines is 1. The van der Waals surface area contributed by atoms with Crippen molar-refractivity contribution in [1.29, 1.82) is 0 Å². The number of ether oxygens (including phenoxy) is 2. The molecule has 2 aromatic carbocycles. The number of methoxy groups -OCH3 is 1. The molecular formula is C22H24N4O3. The number of benzene rings is 2. The summed E-state index contributed by atoms with van der Waals surface area (Å²) >= 11 is 0. The second kappa shape index (κ2) is 10.7. The first-order valence-corrected chi connectivity index (χ1v) is 9.39. The number of aromatic nitrogens is 2. The van der Waals surface area contributed by atoms with E-state index in [1.54, 1.807) is 7.11 Å². The van der Waals surface area contributed by atoms with E-state index < -0.39 is 0 Å². The van der Waals surface area contributed by atoms with Gasteiger partial charge in [0.2, 0.25) is 5.95 Å². The van der Waals surface area contributed by atoms with Crippen LogP contribution in [-0.4, -0.2) is 42.7 Å². The number of hydrogen-bond acceptors (Lipinski definition) is 6. The van der Waals surface area contributed by atoms with E-state index in [1.165, 1.54) is 18.0 Å². The van der Waals surface area contributed by atoms with E-state index in [9.17, 15) is 4.79 Å². The Morgan fingerprint density at radius 1 is 0.931 bits per heavy atom. The van der Waals surface area contributed by atoms with Crippen molar-refractivity contribution in [3.8, 4) is 11.5 Å². The minimum absolute atomic E-state index is 0.237. The number of hydrogen-bond donors (Lipinski definition) is 2. The highest BCUT2D eigenvalue weighted by Crippen LogP contribution is 2.16. The first-order chi connectivity index (χ1) is 14.2. The van der Waals surface area contributed by atoms with E-state index in [4.69, 9.17) is 9.47 Å². The van der Waals surface area contributed by atoms with Crippen LogP contribution >= 0.6 is 0 Å². The molecule has 150 valence electrons. The molecule has 0 aliphatic carbocycles. The molecule has 0 unspecified atom stereocenters. The summed E-state index contributed by atoms with van der Waals surface area (Å²) < 4.78 is 10.7. The maximum Gasteiger partial charge on any atom is 0.254 e. The van der Waals surface area contributed by atoms with Crippen molar-refractivity contribution in [3.05, 3.63) is 78.1 Å². The van der Waals surface area contributed by atoms with Crippen LogP contribution in [0.25, 0.3) is 0 Å². The number of nitrogens with one attached hydrogen (secondary N) is 2. The molecule has 0 spiro atoms. The highest BCUT2D eigenvalue weighted by molar-refractivity contribution is 5.93. The molecule has 1 amide bonds. The fraction of sp³-hybridized carbons (Fsp3) is 0.227. The summed E-state index contributed by atoms with van der Waals surface area (Å²) in [7, 11) is 1.61. The summed E-state index contributed by atoms with van der Waals surface area (Å²) in [5, 5.41) is 5.94. The lowest BCUT2D eigenvalue weighted by Gasteiger charge is -2.09. The molecule has 0 aliphatic rings. The van der Waals surface area contributed by atoms with Gasteiger partial charge in [0.1, 0.15) is 18.1 Å². The zero-order chi connectivity index (χ0) is 20.3. The van der Waals surface area contributed by atoms with Crippen LogP contribution in [0.4, 0.5) is 5.95 Å². The van der Waals surface area contributed by atoms with Gasteiger partial charge in [0.05, 0.1) is 19.2 Å². The number of carbonyl (C=O) groups is 1. The normalized spacial score (nSPS) is 10.2. The molecule has 3 aromatic rings. The van der Waals surface area contributed by atoms with Crippen LogP contribution < -0.4 is 20.1 Å². The van der Waals surface area contributed by atoms with Crippen LogP contribution in [0.2, 0.25) is 0 Å². The van der Waals surface area contributed by atoms with Crippen LogP contribution in [0.15, 0.2) is 67.0 Å². The minimum Gasteiger partial charge on any atom is -0.497 e. The highest BCUT2D eigenvalue weighted by atomic mass is 16.5. The second-order valence-corrected chi connectivity index (χ2v) is 6.24. The molecule has 2 N–H and O–H groups in total. The van der Waals surface area contributed by atoms with Crippen LogP contribution in [-0.2, 0) is 6.42 Å². The van der Waals surface area contributed by atoms with Crippen LogP contribution in [0.3, 0.4) is 0 Å². The van der Waals surface area contributed by atoms with Gasteiger partial charge in [0.25, 0.3) is 5.91 Å². The molecule has 3 rings (SSSR count). The Bertz CT molecular complexity index is 884. The average Bonchev–Trinajstić information content (AvgIpc) is 2.78. The predicted molar refractivity (Wildman–Crippen MR) is 111 cm³/mol. The quantitative estimate of drug-likeness (QED) is 0.516. The molecule has 0 radical (unpaired) electrons. The van der Waals surface area contributed by atoms with Crippen molar-refractivity contribution in [1.82, 2.24) is 15.3 Å². The highest BCUT2D eigenvalue weighted by Gasteiger charge is 2.07. The summed E-state index contributed by atoms with van der Waals surface area (Å²) in [6.07, 6.45) is 3.90. The van der Waals surface area contributed by atoms with Crippen LogP contribution in [0.5, 0.6) is 11.5 Å². The van der Waals surface area contributed by atoms with Crippen molar-refractivity contribution >= 4 is 11.9 Å². The topological polar surface area (TPSA) is 85.4 Å². The van der Waals surface area contributed by atoms with Crippen LogP contribution in [0, 0.1) is 0 Å². The average molecular weight is 392 g/mol. The Morgan fingerprint density at radius 2 is 1.62 bits per heavy atom. The van der Waals surface area contributed by atoms with E-state index in [-0.39, 0.29) is 5.91 Å². The molecule has 1 heterocycles. The minimum atomic E-state index is -0.237. The number of amides is 1. The van der Waals surface area contributed by atoms with Crippen molar-refractivity contribution in [2.75, 3.05) is 32.1 Å². The van der Waals surface area contributed by atoms with Gasteiger partial charge in [0, 0.05) is 18.9 Å². The maximum atomic E-state index is 12.2. The number of carbonyl (C=O) groups excluding carboxylic acids is 1. The molecule has 1 aromatic heterocycles. The molecule has 0 saturated heterocycles. The number of rotatable bonds is 10. The molecule has 0 saturated carbocycles. The third-order valence-electron chi connectivity index (χ3n) is 4.17. The van der Waals surface area contributed by atoms with E-state index in [2.05, 4.69) is 32.7 Å². The molecule has 7 nitrogen and oxygen atoms in total. The zero-order valence-electron chi connectivity index (χ0n) is 16.3. The predicted octanol–water partition coefficient (Wildman–Crippen LogP) is 2.95. The van der Waals surface area contributed by atoms with Crippen molar-refractivity contribution < 1.29 is 14.3 Å². The molecule has 0 atom stereocenters. The molecule has 0 aliphatic heterocycles. The Labute approximate surface area is 170 Å².